The third-order valence-corrected chi connectivity index (χ3v) is 6.33. The number of aryl methyl sites for hydroxylation is 1. The number of hydrogen-bond donors (Lipinski definition) is 3. The maximum absolute atomic E-state index is 12.1. The van der Waals surface area contributed by atoms with E-state index in [1.165, 1.54) is 6.08 Å². The highest BCUT2D eigenvalue weighted by molar-refractivity contribution is 6.36. The predicted molar refractivity (Wildman–Crippen MR) is 116 cm³/mol. The zero-order valence-corrected chi connectivity index (χ0v) is 17.4. The lowest BCUT2D eigenvalue weighted by molar-refractivity contribution is -0.125. The first-order valence-electron chi connectivity index (χ1n) is 10.0. The van der Waals surface area contributed by atoms with Crippen LogP contribution < -0.4 is 10.6 Å². The van der Waals surface area contributed by atoms with Crippen LogP contribution in [0.15, 0.2) is 31.2 Å². The quantitative estimate of drug-likeness (QED) is 0.523. The van der Waals surface area contributed by atoms with Gasteiger partial charge in [-0.15, -0.1) is 0 Å². The molecule has 3 aromatic rings. The summed E-state index contributed by atoms with van der Waals surface area (Å²) in [6.45, 7) is 7.78. The van der Waals surface area contributed by atoms with Crippen LogP contribution in [0.2, 0.25) is 5.02 Å². The number of anilines is 3. The number of nitrogens with one attached hydrogen (secondary N) is 3. The van der Waals surface area contributed by atoms with Crippen LogP contribution in [0.4, 0.5) is 17.5 Å². The van der Waals surface area contributed by atoms with E-state index in [-0.39, 0.29) is 17.4 Å². The van der Waals surface area contributed by atoms with Crippen molar-refractivity contribution in [3.8, 4) is 0 Å². The molecule has 9 nitrogen and oxygen atoms in total. The molecule has 5 rings (SSSR count). The van der Waals surface area contributed by atoms with E-state index in [2.05, 4.69) is 32.3 Å². The molecule has 2 aliphatic rings. The number of likely N-dealkylation sites (tertiary alicyclic amines) is 1. The second kappa shape index (κ2) is 7.02. The largest absolute Gasteiger partial charge is 0.364 e. The van der Waals surface area contributed by atoms with Crippen LogP contribution in [0, 0.1) is 5.41 Å². The Hall–Kier alpha value is -3.07. The molecule has 156 valence electrons. The number of nitrogens with zero attached hydrogens (tertiary/aromatic N) is 5. The van der Waals surface area contributed by atoms with E-state index in [9.17, 15) is 4.79 Å². The summed E-state index contributed by atoms with van der Waals surface area (Å²) in [7, 11) is 0. The molecule has 10 heteroatoms. The van der Waals surface area contributed by atoms with Crippen molar-refractivity contribution in [2.24, 2.45) is 5.41 Å². The zero-order chi connectivity index (χ0) is 20.9. The van der Waals surface area contributed by atoms with Crippen LogP contribution in [-0.4, -0.2) is 54.7 Å². The lowest BCUT2D eigenvalue weighted by Gasteiger charge is -2.20. The summed E-state index contributed by atoms with van der Waals surface area (Å²) in [5, 5.41) is 12.4. The van der Waals surface area contributed by atoms with E-state index in [1.807, 2.05) is 22.7 Å². The number of amides is 1. The van der Waals surface area contributed by atoms with Gasteiger partial charge in [0, 0.05) is 37.4 Å². The highest BCUT2D eigenvalue weighted by Crippen LogP contribution is 2.54. The van der Waals surface area contributed by atoms with Crippen molar-refractivity contribution >= 4 is 46.0 Å². The molecule has 0 radical (unpaired) electrons. The third-order valence-electron chi connectivity index (χ3n) is 6.03. The monoisotopic (exact) mass is 426 g/mol. The van der Waals surface area contributed by atoms with Gasteiger partial charge in [0.1, 0.15) is 11.5 Å². The first kappa shape index (κ1) is 18.9. The van der Waals surface area contributed by atoms with Crippen LogP contribution in [0.25, 0.3) is 11.0 Å². The minimum absolute atomic E-state index is 0.0339. The van der Waals surface area contributed by atoms with Gasteiger partial charge in [0.15, 0.2) is 0 Å². The van der Waals surface area contributed by atoms with Gasteiger partial charge in [-0.2, -0.15) is 15.1 Å². The van der Waals surface area contributed by atoms with Crippen LogP contribution in [0.5, 0.6) is 0 Å². The molecule has 2 fully saturated rings. The van der Waals surface area contributed by atoms with Crippen molar-refractivity contribution in [3.05, 3.63) is 36.3 Å². The molecule has 0 aromatic carbocycles. The second-order valence-electron chi connectivity index (χ2n) is 7.95. The van der Waals surface area contributed by atoms with E-state index in [0.717, 1.165) is 37.0 Å². The molecule has 1 saturated heterocycles. The molecular formula is C20H23ClN8O. The van der Waals surface area contributed by atoms with E-state index >= 15 is 0 Å². The van der Waals surface area contributed by atoms with Crippen molar-refractivity contribution in [2.75, 3.05) is 23.7 Å². The van der Waals surface area contributed by atoms with Gasteiger partial charge in [0.05, 0.1) is 28.3 Å². The fourth-order valence-corrected chi connectivity index (χ4v) is 4.42. The number of carbonyl (C=O) groups excluding carboxylic acids is 1. The molecule has 0 unspecified atom stereocenters. The maximum atomic E-state index is 12.1. The number of carbonyl (C=O) groups is 1. The van der Waals surface area contributed by atoms with Crippen LogP contribution in [0.3, 0.4) is 0 Å². The van der Waals surface area contributed by atoms with Gasteiger partial charge in [-0.05, 0) is 25.8 Å². The molecule has 1 aliphatic heterocycles. The smallest absolute Gasteiger partial charge is 0.246 e. The molecule has 1 amide bonds. The molecule has 1 saturated carbocycles. The minimum Gasteiger partial charge on any atom is -0.364 e. The highest BCUT2D eigenvalue weighted by Gasteiger charge is 2.56. The predicted octanol–water partition coefficient (Wildman–Crippen LogP) is 3.16. The molecule has 30 heavy (non-hydrogen) atoms. The molecule has 4 heterocycles. The van der Waals surface area contributed by atoms with Gasteiger partial charge >= 0.3 is 0 Å². The van der Waals surface area contributed by atoms with E-state index in [1.54, 1.807) is 12.4 Å². The molecule has 0 bridgehead atoms. The summed E-state index contributed by atoms with van der Waals surface area (Å²) in [6, 6.07) is 0.0983. The van der Waals surface area contributed by atoms with Gasteiger partial charge in [-0.3, -0.25) is 9.48 Å². The first-order valence-corrected chi connectivity index (χ1v) is 10.4. The zero-order valence-electron chi connectivity index (χ0n) is 16.7. The topological polar surface area (TPSA) is 104 Å². The Balaban J connectivity index is 1.46. The Morgan fingerprint density at radius 1 is 1.47 bits per heavy atom. The molecule has 1 atom stereocenters. The standard InChI is InChI=1S/C20H23ClN8O/c1-3-15(30)28-10-14(20(11-28)5-6-20)25-18-16-13(21)8-22-17(16)26-19(27-18)24-12-7-23-29(4-2)9-12/h3,7-9,14H,1,4-6,10-11H2,2H3,(H3,22,24,25,26,27)/t14-/m1/s1. The number of hydrogen-bond acceptors (Lipinski definition) is 6. The summed E-state index contributed by atoms with van der Waals surface area (Å²) >= 11 is 6.42. The Labute approximate surface area is 178 Å². The summed E-state index contributed by atoms with van der Waals surface area (Å²) < 4.78 is 1.83. The second-order valence-corrected chi connectivity index (χ2v) is 8.36. The lowest BCUT2D eigenvalue weighted by Crippen LogP contribution is -2.31. The summed E-state index contributed by atoms with van der Waals surface area (Å²) in [5.41, 5.74) is 1.54. The van der Waals surface area contributed by atoms with Crippen molar-refractivity contribution in [1.82, 2.24) is 29.6 Å². The highest BCUT2D eigenvalue weighted by atomic mass is 35.5. The van der Waals surface area contributed by atoms with Gasteiger partial charge < -0.3 is 20.5 Å². The van der Waals surface area contributed by atoms with Crippen LogP contribution in [-0.2, 0) is 11.3 Å². The molecule has 1 aliphatic carbocycles. The Morgan fingerprint density at radius 2 is 2.30 bits per heavy atom. The SMILES string of the molecule is C=CC(=O)N1C[C@@H](Nc2nc(Nc3cnn(CC)c3)nc3[nH]cc(Cl)c23)C2(CC2)C1. The van der Waals surface area contributed by atoms with Crippen molar-refractivity contribution < 1.29 is 4.79 Å². The van der Waals surface area contributed by atoms with E-state index in [4.69, 9.17) is 16.6 Å². The summed E-state index contributed by atoms with van der Waals surface area (Å²) in [6.07, 6.45) is 8.89. The summed E-state index contributed by atoms with van der Waals surface area (Å²) in [5.74, 6) is 1.07. The van der Waals surface area contributed by atoms with Gasteiger partial charge in [-0.25, -0.2) is 0 Å². The fraction of sp³-hybridized carbons (Fsp3) is 0.400. The Morgan fingerprint density at radius 3 is 3.00 bits per heavy atom. The Bertz CT molecular complexity index is 1130. The average Bonchev–Trinajstić information content (AvgIpc) is 3.05. The molecule has 3 aromatic heterocycles. The first-order chi connectivity index (χ1) is 14.5. The third kappa shape index (κ3) is 3.19. The normalized spacial score (nSPS) is 19.4. The Kier molecular flexibility index (Phi) is 4.43. The number of H-pyrrole nitrogens is 1. The number of halogens is 1. The maximum Gasteiger partial charge on any atom is 0.246 e. The van der Waals surface area contributed by atoms with E-state index in [0.29, 0.717) is 29.0 Å². The lowest BCUT2D eigenvalue weighted by atomic mass is 10.0. The number of rotatable bonds is 6. The number of aromatic amines is 1. The van der Waals surface area contributed by atoms with Crippen LogP contribution in [0.1, 0.15) is 19.8 Å². The molecule has 3 N–H and O–H groups in total. The number of fused-ring (bicyclic) bond motifs is 1. The van der Waals surface area contributed by atoms with Crippen molar-refractivity contribution in [1.29, 1.82) is 0 Å². The van der Waals surface area contributed by atoms with Crippen molar-refractivity contribution in [2.45, 2.75) is 32.4 Å². The summed E-state index contributed by atoms with van der Waals surface area (Å²) in [4.78, 5) is 26.4. The average molecular weight is 427 g/mol. The number of aromatic nitrogens is 5. The molecular weight excluding hydrogens is 404 g/mol. The minimum atomic E-state index is -0.0339. The fourth-order valence-electron chi connectivity index (χ4n) is 4.18. The molecule has 1 spiro atoms. The van der Waals surface area contributed by atoms with Gasteiger partial charge in [0.2, 0.25) is 11.9 Å². The van der Waals surface area contributed by atoms with Gasteiger partial charge in [0.25, 0.3) is 0 Å². The van der Waals surface area contributed by atoms with Gasteiger partial charge in [-0.1, -0.05) is 18.2 Å². The van der Waals surface area contributed by atoms with E-state index < -0.39 is 0 Å². The van der Waals surface area contributed by atoms with Crippen LogP contribution >= 0.6 is 11.6 Å². The van der Waals surface area contributed by atoms with Crippen molar-refractivity contribution in [3.63, 3.8) is 0 Å².